The maximum Gasteiger partial charge on any atom is 0.0484 e. The maximum atomic E-state index is 5.99. The van der Waals surface area contributed by atoms with E-state index in [1.54, 1.807) is 6.08 Å². The lowest BCUT2D eigenvalue weighted by Crippen LogP contribution is -1.76. The van der Waals surface area contributed by atoms with E-state index < -0.39 is 0 Å². The fraction of sp³-hybridized carbons (Fsp3) is 0.0909. The van der Waals surface area contributed by atoms with Gasteiger partial charge in [0, 0.05) is 5.02 Å². The summed E-state index contributed by atoms with van der Waals surface area (Å²) in [6.45, 7) is 5.64. The lowest BCUT2D eigenvalue weighted by Gasteiger charge is -1.98. The van der Waals surface area contributed by atoms with E-state index in [1.807, 2.05) is 37.3 Å². The van der Waals surface area contributed by atoms with Crippen LogP contribution in [0.1, 0.15) is 18.1 Å². The van der Waals surface area contributed by atoms with Gasteiger partial charge in [-0.25, -0.2) is 0 Å². The van der Waals surface area contributed by atoms with E-state index in [9.17, 15) is 0 Å². The highest BCUT2D eigenvalue weighted by Crippen LogP contribution is 2.19. The van der Waals surface area contributed by atoms with Crippen LogP contribution in [0.25, 0.3) is 12.2 Å². The number of benzene rings is 1. The molecular formula is C11H11Cl. The SMILES string of the molecule is C=Cc1ccc(/C=C/C)c(Cl)c1. The van der Waals surface area contributed by atoms with Gasteiger partial charge < -0.3 is 0 Å². The summed E-state index contributed by atoms with van der Waals surface area (Å²) in [5.74, 6) is 0. The van der Waals surface area contributed by atoms with Crippen LogP contribution in [0.15, 0.2) is 30.9 Å². The van der Waals surface area contributed by atoms with E-state index in [4.69, 9.17) is 11.6 Å². The molecule has 0 saturated carbocycles. The van der Waals surface area contributed by atoms with Crippen molar-refractivity contribution in [3.8, 4) is 0 Å². The number of hydrogen-bond acceptors (Lipinski definition) is 0. The van der Waals surface area contributed by atoms with Crippen molar-refractivity contribution in [2.75, 3.05) is 0 Å². The highest BCUT2D eigenvalue weighted by Gasteiger charge is 1.95. The smallest absolute Gasteiger partial charge is 0.0484 e. The van der Waals surface area contributed by atoms with Gasteiger partial charge in [-0.1, -0.05) is 48.5 Å². The van der Waals surface area contributed by atoms with Gasteiger partial charge >= 0.3 is 0 Å². The molecule has 0 fully saturated rings. The van der Waals surface area contributed by atoms with Gasteiger partial charge in [0.05, 0.1) is 0 Å². The van der Waals surface area contributed by atoms with Gasteiger partial charge in [-0.15, -0.1) is 0 Å². The minimum Gasteiger partial charge on any atom is -0.0985 e. The molecule has 1 heteroatoms. The molecule has 0 aliphatic heterocycles. The van der Waals surface area contributed by atoms with Crippen molar-refractivity contribution in [2.24, 2.45) is 0 Å². The van der Waals surface area contributed by atoms with Crippen LogP contribution in [0, 0.1) is 0 Å². The van der Waals surface area contributed by atoms with E-state index in [0.29, 0.717) is 0 Å². The van der Waals surface area contributed by atoms with Crippen LogP contribution >= 0.6 is 11.6 Å². The predicted molar refractivity (Wildman–Crippen MR) is 56.3 cm³/mol. The maximum absolute atomic E-state index is 5.99. The average Bonchev–Trinajstić information content (AvgIpc) is 2.09. The van der Waals surface area contributed by atoms with Crippen molar-refractivity contribution in [3.05, 3.63) is 47.0 Å². The Morgan fingerprint density at radius 2 is 2.17 bits per heavy atom. The Morgan fingerprint density at radius 3 is 2.67 bits per heavy atom. The van der Waals surface area contributed by atoms with Gasteiger partial charge in [0.2, 0.25) is 0 Å². The Hall–Kier alpha value is -1.01. The summed E-state index contributed by atoms with van der Waals surface area (Å²) in [7, 11) is 0. The molecule has 1 aromatic rings. The van der Waals surface area contributed by atoms with Crippen LogP contribution in [-0.2, 0) is 0 Å². The van der Waals surface area contributed by atoms with Crippen LogP contribution < -0.4 is 0 Å². The summed E-state index contributed by atoms with van der Waals surface area (Å²) in [5.41, 5.74) is 2.10. The zero-order valence-corrected chi connectivity index (χ0v) is 7.81. The fourth-order valence-corrected chi connectivity index (χ4v) is 1.24. The van der Waals surface area contributed by atoms with E-state index in [2.05, 4.69) is 6.58 Å². The molecule has 0 radical (unpaired) electrons. The Balaban J connectivity index is 3.11. The molecule has 0 aliphatic carbocycles. The highest BCUT2D eigenvalue weighted by atomic mass is 35.5. The first kappa shape index (κ1) is 9.08. The van der Waals surface area contributed by atoms with Gasteiger partial charge in [-0.3, -0.25) is 0 Å². The molecule has 0 nitrogen and oxygen atoms in total. The van der Waals surface area contributed by atoms with E-state index in [1.165, 1.54) is 0 Å². The van der Waals surface area contributed by atoms with E-state index >= 15 is 0 Å². The summed E-state index contributed by atoms with van der Waals surface area (Å²) in [6, 6.07) is 5.89. The van der Waals surface area contributed by atoms with Gasteiger partial charge in [0.15, 0.2) is 0 Å². The van der Waals surface area contributed by atoms with Crippen LogP contribution in [0.2, 0.25) is 5.02 Å². The van der Waals surface area contributed by atoms with Crippen molar-refractivity contribution < 1.29 is 0 Å². The normalized spacial score (nSPS) is 10.5. The molecule has 0 spiro atoms. The Kier molecular flexibility index (Phi) is 3.12. The molecule has 12 heavy (non-hydrogen) atoms. The molecule has 1 rings (SSSR count). The van der Waals surface area contributed by atoms with Crippen molar-refractivity contribution >= 4 is 23.8 Å². The number of rotatable bonds is 2. The molecule has 0 N–H and O–H groups in total. The molecule has 0 heterocycles. The molecule has 0 atom stereocenters. The lowest BCUT2D eigenvalue weighted by molar-refractivity contribution is 1.61. The largest absolute Gasteiger partial charge is 0.0985 e. The standard InChI is InChI=1S/C11H11Cl/c1-3-5-10-7-6-9(4-2)8-11(10)12/h3-8H,2H2,1H3/b5-3+. The quantitative estimate of drug-likeness (QED) is 0.642. The zero-order chi connectivity index (χ0) is 8.97. The summed E-state index contributed by atoms with van der Waals surface area (Å²) in [6.07, 6.45) is 5.73. The van der Waals surface area contributed by atoms with Crippen LogP contribution in [0.3, 0.4) is 0 Å². The minimum atomic E-state index is 0.769. The van der Waals surface area contributed by atoms with Crippen LogP contribution in [-0.4, -0.2) is 0 Å². The van der Waals surface area contributed by atoms with Crippen molar-refractivity contribution in [1.29, 1.82) is 0 Å². The minimum absolute atomic E-state index is 0.769. The molecule has 62 valence electrons. The third-order valence-electron chi connectivity index (χ3n) is 1.61. The predicted octanol–water partition coefficient (Wildman–Crippen LogP) is 4.02. The third-order valence-corrected chi connectivity index (χ3v) is 1.93. The van der Waals surface area contributed by atoms with Gasteiger partial charge in [-0.05, 0) is 24.1 Å². The summed E-state index contributed by atoms with van der Waals surface area (Å²) in [4.78, 5) is 0. The Labute approximate surface area is 78.2 Å². The molecule has 0 aromatic heterocycles. The molecule has 0 aliphatic rings. The van der Waals surface area contributed by atoms with E-state index in [0.717, 1.165) is 16.1 Å². The van der Waals surface area contributed by atoms with Crippen LogP contribution in [0.4, 0.5) is 0 Å². The Morgan fingerprint density at radius 1 is 1.42 bits per heavy atom. The topological polar surface area (TPSA) is 0 Å². The van der Waals surface area contributed by atoms with Gasteiger partial charge in [0.25, 0.3) is 0 Å². The second-order valence-electron chi connectivity index (χ2n) is 2.49. The zero-order valence-electron chi connectivity index (χ0n) is 7.05. The third kappa shape index (κ3) is 1.99. The Bertz CT molecular complexity index is 311. The second kappa shape index (κ2) is 4.13. The van der Waals surface area contributed by atoms with Crippen LogP contribution in [0.5, 0.6) is 0 Å². The summed E-state index contributed by atoms with van der Waals surface area (Å²) < 4.78 is 0. The van der Waals surface area contributed by atoms with E-state index in [-0.39, 0.29) is 0 Å². The summed E-state index contributed by atoms with van der Waals surface area (Å²) >= 11 is 5.99. The monoisotopic (exact) mass is 178 g/mol. The number of allylic oxidation sites excluding steroid dienone is 1. The number of halogens is 1. The number of hydrogen-bond donors (Lipinski definition) is 0. The van der Waals surface area contributed by atoms with Gasteiger partial charge in [-0.2, -0.15) is 0 Å². The first-order valence-electron chi connectivity index (χ1n) is 3.82. The first-order chi connectivity index (χ1) is 5.77. The average molecular weight is 179 g/mol. The first-order valence-corrected chi connectivity index (χ1v) is 4.20. The molecule has 0 saturated heterocycles. The highest BCUT2D eigenvalue weighted by molar-refractivity contribution is 6.32. The van der Waals surface area contributed by atoms with Crippen molar-refractivity contribution in [1.82, 2.24) is 0 Å². The van der Waals surface area contributed by atoms with Crippen molar-refractivity contribution in [2.45, 2.75) is 6.92 Å². The second-order valence-corrected chi connectivity index (χ2v) is 2.89. The molecule has 1 aromatic carbocycles. The van der Waals surface area contributed by atoms with Crippen molar-refractivity contribution in [3.63, 3.8) is 0 Å². The molecule has 0 amide bonds. The lowest BCUT2D eigenvalue weighted by atomic mass is 10.1. The molecular weight excluding hydrogens is 168 g/mol. The van der Waals surface area contributed by atoms with Gasteiger partial charge in [0.1, 0.15) is 0 Å². The fourth-order valence-electron chi connectivity index (χ4n) is 0.985. The molecule has 0 unspecified atom stereocenters. The summed E-state index contributed by atoms with van der Waals surface area (Å²) in [5, 5.41) is 0.769. The molecule has 0 bridgehead atoms.